The number of aliphatic carboxylic acids is 1. The number of rotatable bonds is 14. The maximum absolute atomic E-state index is 12.5. The maximum Gasteiger partial charge on any atom is 0.306 e. The fraction of sp³-hybridized carbons (Fsp3) is 0.591. The van der Waals surface area contributed by atoms with Gasteiger partial charge in [-0.3, -0.25) is 14.6 Å². The second-order valence-electron chi connectivity index (χ2n) is 7.40. The third-order valence-electron chi connectivity index (χ3n) is 5.11. The number of carboxylic acid groups (broad SMARTS) is 1. The van der Waals surface area contributed by atoms with E-state index in [1.54, 1.807) is 18.2 Å². The lowest BCUT2D eigenvalue weighted by atomic mass is 9.93. The van der Waals surface area contributed by atoms with Gasteiger partial charge in [0.2, 0.25) is 0 Å². The molecule has 0 amide bonds. The predicted octanol–water partition coefficient (Wildman–Crippen LogP) is 6.92. The Balaban J connectivity index is 1.61. The van der Waals surface area contributed by atoms with Crippen LogP contribution < -0.4 is 0 Å². The first-order chi connectivity index (χ1) is 14.0. The molecule has 7 heteroatoms. The minimum Gasteiger partial charge on any atom is -0.481 e. The molecule has 1 unspecified atom stereocenters. The number of carbonyl (C=O) groups is 2. The number of hydrogen-bond acceptors (Lipinski definition) is 4. The van der Waals surface area contributed by atoms with Crippen molar-refractivity contribution in [2.24, 2.45) is 10.9 Å². The summed E-state index contributed by atoms with van der Waals surface area (Å²) in [5.74, 6) is -0.796. The van der Waals surface area contributed by atoms with E-state index in [2.05, 4.69) is 4.99 Å². The van der Waals surface area contributed by atoms with Gasteiger partial charge in [0.15, 0.2) is 5.78 Å². The van der Waals surface area contributed by atoms with Crippen molar-refractivity contribution in [3.63, 3.8) is 0 Å². The molecular formula is C22H29Cl2NO3S. The Labute approximate surface area is 187 Å². The van der Waals surface area contributed by atoms with Crippen LogP contribution in [0.2, 0.25) is 10.0 Å². The van der Waals surface area contributed by atoms with Crippen LogP contribution in [0.1, 0.15) is 74.6 Å². The first-order valence-electron chi connectivity index (χ1n) is 10.3. The van der Waals surface area contributed by atoms with Gasteiger partial charge in [-0.2, -0.15) is 0 Å². The molecule has 0 bridgehead atoms. The molecule has 29 heavy (non-hydrogen) atoms. The summed E-state index contributed by atoms with van der Waals surface area (Å²) in [6, 6.07) is 4.85. The third kappa shape index (κ3) is 8.69. The standard InChI is InChI=1S/C22H29Cl2NO3S/c23-17-10-8-11-18(24)21(17)19(26)15-16(22(27)28)9-6-4-2-1-3-5-7-12-20-25-13-14-29-20/h8,10-11,16H,1-7,9,12-15H2,(H,27,28). The van der Waals surface area contributed by atoms with Gasteiger partial charge in [-0.15, -0.1) is 11.8 Å². The SMILES string of the molecule is O=C(CC(CCCCCCCCCC1=NCCS1)C(=O)O)c1c(Cl)cccc1Cl. The smallest absolute Gasteiger partial charge is 0.306 e. The Hall–Kier alpha value is -1.04. The number of benzene rings is 1. The van der Waals surface area contributed by atoms with E-state index < -0.39 is 11.9 Å². The average Bonchev–Trinajstić information content (AvgIpc) is 3.19. The molecule has 1 atom stereocenters. The minimum atomic E-state index is -0.936. The Morgan fingerprint density at radius 1 is 1.03 bits per heavy atom. The highest BCUT2D eigenvalue weighted by Crippen LogP contribution is 2.28. The highest BCUT2D eigenvalue weighted by atomic mass is 35.5. The van der Waals surface area contributed by atoms with E-state index in [4.69, 9.17) is 23.2 Å². The van der Waals surface area contributed by atoms with Crippen LogP contribution in [0.15, 0.2) is 23.2 Å². The van der Waals surface area contributed by atoms with Crippen molar-refractivity contribution in [2.75, 3.05) is 12.3 Å². The molecule has 160 valence electrons. The highest BCUT2D eigenvalue weighted by molar-refractivity contribution is 8.14. The van der Waals surface area contributed by atoms with Crippen LogP contribution in [0.3, 0.4) is 0 Å². The summed E-state index contributed by atoms with van der Waals surface area (Å²) in [5.41, 5.74) is 0.226. The maximum atomic E-state index is 12.5. The molecule has 1 heterocycles. The average molecular weight is 458 g/mol. The number of thioether (sulfide) groups is 1. The van der Waals surface area contributed by atoms with E-state index in [1.165, 1.54) is 30.7 Å². The number of halogens is 2. The fourth-order valence-electron chi connectivity index (χ4n) is 3.48. The molecule has 1 aromatic carbocycles. The van der Waals surface area contributed by atoms with E-state index in [9.17, 15) is 14.7 Å². The zero-order chi connectivity index (χ0) is 21.1. The zero-order valence-corrected chi connectivity index (χ0v) is 19.0. The van der Waals surface area contributed by atoms with Gasteiger partial charge in [0.25, 0.3) is 0 Å². The normalized spacial score (nSPS) is 14.6. The molecule has 0 saturated carbocycles. The second kappa shape index (κ2) is 13.3. The van der Waals surface area contributed by atoms with Crippen molar-refractivity contribution in [3.8, 4) is 0 Å². The van der Waals surface area contributed by atoms with Crippen LogP contribution in [0, 0.1) is 5.92 Å². The largest absolute Gasteiger partial charge is 0.481 e. The number of nitrogens with zero attached hydrogens (tertiary/aromatic N) is 1. The van der Waals surface area contributed by atoms with Crippen LogP contribution in [0.25, 0.3) is 0 Å². The van der Waals surface area contributed by atoms with Gasteiger partial charge < -0.3 is 5.11 Å². The molecule has 1 N–H and O–H groups in total. The molecule has 1 aliphatic heterocycles. The lowest BCUT2D eigenvalue weighted by Gasteiger charge is -2.13. The summed E-state index contributed by atoms with van der Waals surface area (Å²) in [6.07, 6.45) is 9.28. The van der Waals surface area contributed by atoms with Crippen molar-refractivity contribution < 1.29 is 14.7 Å². The summed E-state index contributed by atoms with van der Waals surface area (Å²) in [7, 11) is 0. The number of Topliss-reactive ketones (excluding diaryl/α,β-unsaturated/α-hetero) is 1. The van der Waals surface area contributed by atoms with E-state index in [1.807, 2.05) is 11.8 Å². The number of aliphatic imine (C=N–C) groups is 1. The molecule has 0 saturated heterocycles. The van der Waals surface area contributed by atoms with E-state index in [-0.39, 0.29) is 27.8 Å². The van der Waals surface area contributed by atoms with E-state index in [0.29, 0.717) is 6.42 Å². The fourth-order valence-corrected chi connectivity index (χ4v) is 4.98. The number of hydrogen-bond donors (Lipinski definition) is 1. The molecule has 0 spiro atoms. The topological polar surface area (TPSA) is 66.7 Å². The van der Waals surface area contributed by atoms with Crippen LogP contribution in [0.4, 0.5) is 0 Å². The Bertz CT molecular complexity index is 704. The Kier molecular flexibility index (Phi) is 11.1. The van der Waals surface area contributed by atoms with Gasteiger partial charge in [-0.25, -0.2) is 0 Å². The lowest BCUT2D eigenvalue weighted by Crippen LogP contribution is -2.18. The van der Waals surface area contributed by atoms with Crippen molar-refractivity contribution in [1.82, 2.24) is 0 Å². The quantitative estimate of drug-likeness (QED) is 0.243. The number of unbranched alkanes of at least 4 members (excludes halogenated alkanes) is 6. The minimum absolute atomic E-state index is 0.0688. The monoisotopic (exact) mass is 457 g/mol. The summed E-state index contributed by atoms with van der Waals surface area (Å²) in [4.78, 5) is 28.5. The number of carbonyl (C=O) groups excluding carboxylic acids is 1. The van der Waals surface area contributed by atoms with Crippen LogP contribution in [-0.4, -0.2) is 34.2 Å². The van der Waals surface area contributed by atoms with Gasteiger partial charge in [0.05, 0.1) is 26.6 Å². The van der Waals surface area contributed by atoms with Crippen molar-refractivity contribution in [1.29, 1.82) is 0 Å². The molecule has 0 radical (unpaired) electrons. The molecule has 1 aromatic rings. The first kappa shape index (κ1) is 24.2. The van der Waals surface area contributed by atoms with E-state index >= 15 is 0 Å². The summed E-state index contributed by atoms with van der Waals surface area (Å²) >= 11 is 14.0. The van der Waals surface area contributed by atoms with Gasteiger partial charge >= 0.3 is 5.97 Å². The van der Waals surface area contributed by atoms with Crippen LogP contribution >= 0.6 is 35.0 Å². The lowest BCUT2D eigenvalue weighted by molar-refractivity contribution is -0.141. The summed E-state index contributed by atoms with van der Waals surface area (Å²) in [5, 5.41) is 11.3. The summed E-state index contributed by atoms with van der Waals surface area (Å²) in [6.45, 7) is 0.981. The van der Waals surface area contributed by atoms with Crippen LogP contribution in [-0.2, 0) is 4.79 Å². The van der Waals surface area contributed by atoms with Crippen molar-refractivity contribution in [3.05, 3.63) is 33.8 Å². The Morgan fingerprint density at radius 3 is 2.24 bits per heavy atom. The molecule has 0 fully saturated rings. The van der Waals surface area contributed by atoms with Crippen molar-refractivity contribution in [2.45, 2.75) is 64.2 Å². The van der Waals surface area contributed by atoms with Gasteiger partial charge in [-0.05, 0) is 31.4 Å². The predicted molar refractivity (Wildman–Crippen MR) is 123 cm³/mol. The molecule has 4 nitrogen and oxygen atoms in total. The van der Waals surface area contributed by atoms with Gasteiger partial charge in [-0.1, -0.05) is 67.8 Å². The second-order valence-corrected chi connectivity index (χ2v) is 9.38. The van der Waals surface area contributed by atoms with Crippen molar-refractivity contribution >= 4 is 51.8 Å². The first-order valence-corrected chi connectivity index (χ1v) is 12.1. The highest BCUT2D eigenvalue weighted by Gasteiger charge is 2.24. The molecule has 0 aliphatic carbocycles. The van der Waals surface area contributed by atoms with Gasteiger partial charge in [0, 0.05) is 18.7 Å². The molecule has 2 rings (SSSR count). The van der Waals surface area contributed by atoms with Crippen LogP contribution in [0.5, 0.6) is 0 Å². The van der Waals surface area contributed by atoms with E-state index in [0.717, 1.165) is 38.0 Å². The summed E-state index contributed by atoms with van der Waals surface area (Å²) < 4.78 is 0. The number of carboxylic acids is 1. The molecule has 1 aliphatic rings. The zero-order valence-electron chi connectivity index (χ0n) is 16.7. The number of ketones is 1. The third-order valence-corrected chi connectivity index (χ3v) is 6.80. The Morgan fingerprint density at radius 2 is 1.66 bits per heavy atom. The molecule has 0 aromatic heterocycles. The van der Waals surface area contributed by atoms with Gasteiger partial charge in [0.1, 0.15) is 0 Å². The molecular weight excluding hydrogens is 429 g/mol.